The highest BCUT2D eigenvalue weighted by Gasteiger charge is 2.33. The topological polar surface area (TPSA) is 73.8 Å². The van der Waals surface area contributed by atoms with Crippen molar-refractivity contribution in [2.45, 2.75) is 39.7 Å². The van der Waals surface area contributed by atoms with Crippen molar-refractivity contribution in [3.8, 4) is 11.3 Å². The van der Waals surface area contributed by atoms with Crippen molar-refractivity contribution >= 4 is 39.3 Å². The predicted octanol–water partition coefficient (Wildman–Crippen LogP) is 5.94. The quantitative estimate of drug-likeness (QED) is 0.260. The van der Waals surface area contributed by atoms with Crippen molar-refractivity contribution in [3.05, 3.63) is 113 Å². The maximum atomic E-state index is 13.8. The molecule has 0 spiro atoms. The third kappa shape index (κ3) is 4.98. The molecular weight excluding hydrogens is 564 g/mol. The molecule has 0 unspecified atom stereocenters. The Morgan fingerprint density at radius 2 is 1.84 bits per heavy atom. The number of carbonyl (C=O) groups excluding carboxylic acids is 1. The number of allylic oxidation sites excluding steroid dienone is 1. The molecule has 0 saturated carbocycles. The Kier molecular flexibility index (Phi) is 7.36. The van der Waals surface area contributed by atoms with Gasteiger partial charge in [0.15, 0.2) is 4.80 Å². The zero-order chi connectivity index (χ0) is 27.0. The fourth-order valence-corrected chi connectivity index (χ4v) is 5.79. The summed E-state index contributed by atoms with van der Waals surface area (Å²) < 4.78 is 14.5. The number of carbonyl (C=O) groups is 1. The standard InChI is InChI=1S/C30H27BrN2O4S/c1-5-36-29(35)26-18(4)32-30-33(27(26)21-8-6-19(7-9-21)17(2)3)28(34)25(38-30)16-23-14-15-24(37-23)20-10-12-22(31)13-11-20/h6-17,27H,5H2,1-4H3/b25-16-/t27-/m0/s1. The van der Waals surface area contributed by atoms with Crippen LogP contribution in [-0.2, 0) is 9.53 Å². The van der Waals surface area contributed by atoms with Crippen LogP contribution in [0.5, 0.6) is 0 Å². The molecule has 194 valence electrons. The number of esters is 1. The fourth-order valence-electron chi connectivity index (χ4n) is 4.50. The first kappa shape index (κ1) is 26.1. The van der Waals surface area contributed by atoms with Crippen molar-refractivity contribution in [2.24, 2.45) is 4.99 Å². The van der Waals surface area contributed by atoms with Crippen LogP contribution in [0.4, 0.5) is 0 Å². The molecule has 3 heterocycles. The van der Waals surface area contributed by atoms with Gasteiger partial charge in [-0.25, -0.2) is 9.79 Å². The first-order valence-electron chi connectivity index (χ1n) is 12.4. The molecule has 0 saturated heterocycles. The van der Waals surface area contributed by atoms with Gasteiger partial charge in [0.2, 0.25) is 0 Å². The molecule has 1 aliphatic heterocycles. The number of furan rings is 1. The summed E-state index contributed by atoms with van der Waals surface area (Å²) in [6, 6.07) is 19.0. The number of rotatable bonds is 6. The summed E-state index contributed by atoms with van der Waals surface area (Å²) in [4.78, 5) is 32.0. The van der Waals surface area contributed by atoms with Crippen molar-refractivity contribution in [1.29, 1.82) is 0 Å². The van der Waals surface area contributed by atoms with Crippen molar-refractivity contribution in [1.82, 2.24) is 4.57 Å². The summed E-state index contributed by atoms with van der Waals surface area (Å²) in [5.41, 5.74) is 3.63. The van der Waals surface area contributed by atoms with E-state index in [1.54, 1.807) is 24.5 Å². The van der Waals surface area contributed by atoms with Crippen LogP contribution in [0.1, 0.15) is 56.5 Å². The summed E-state index contributed by atoms with van der Waals surface area (Å²) in [5, 5.41) is 0. The molecule has 0 radical (unpaired) electrons. The first-order valence-corrected chi connectivity index (χ1v) is 14.0. The van der Waals surface area contributed by atoms with Gasteiger partial charge < -0.3 is 9.15 Å². The molecule has 0 fully saturated rings. The maximum absolute atomic E-state index is 13.8. The van der Waals surface area contributed by atoms with Gasteiger partial charge in [-0.3, -0.25) is 9.36 Å². The minimum atomic E-state index is -0.636. The van der Waals surface area contributed by atoms with Crippen molar-refractivity contribution in [2.75, 3.05) is 6.61 Å². The van der Waals surface area contributed by atoms with Crippen molar-refractivity contribution in [3.63, 3.8) is 0 Å². The van der Waals surface area contributed by atoms with E-state index >= 15 is 0 Å². The van der Waals surface area contributed by atoms with E-state index in [9.17, 15) is 9.59 Å². The van der Waals surface area contributed by atoms with Gasteiger partial charge in [0.1, 0.15) is 11.5 Å². The number of hydrogen-bond acceptors (Lipinski definition) is 6. The Hall–Kier alpha value is -3.49. The molecule has 5 rings (SSSR count). The Balaban J connectivity index is 1.62. The second-order valence-corrected chi connectivity index (χ2v) is 11.3. The summed E-state index contributed by atoms with van der Waals surface area (Å²) in [6.45, 7) is 8.04. The van der Waals surface area contributed by atoms with E-state index in [0.29, 0.717) is 38.0 Å². The Labute approximate surface area is 232 Å². The van der Waals surface area contributed by atoms with Crippen LogP contribution in [0.25, 0.3) is 17.4 Å². The van der Waals surface area contributed by atoms with Gasteiger partial charge in [-0.15, -0.1) is 0 Å². The molecule has 8 heteroatoms. The second kappa shape index (κ2) is 10.7. The summed E-state index contributed by atoms with van der Waals surface area (Å²) >= 11 is 4.72. The van der Waals surface area contributed by atoms with Crippen LogP contribution in [0.3, 0.4) is 0 Å². The van der Waals surface area contributed by atoms with E-state index in [1.165, 1.54) is 16.9 Å². The van der Waals surface area contributed by atoms with Crippen LogP contribution < -0.4 is 14.9 Å². The fraction of sp³-hybridized carbons (Fsp3) is 0.233. The number of aromatic nitrogens is 1. The van der Waals surface area contributed by atoms with Crippen LogP contribution in [0, 0.1) is 0 Å². The number of hydrogen-bond donors (Lipinski definition) is 0. The molecule has 1 aliphatic rings. The monoisotopic (exact) mass is 590 g/mol. The van der Waals surface area contributed by atoms with E-state index in [1.807, 2.05) is 60.7 Å². The number of halogens is 1. The number of fused-ring (bicyclic) bond motifs is 1. The molecule has 0 amide bonds. The summed E-state index contributed by atoms with van der Waals surface area (Å²) in [7, 11) is 0. The van der Waals surface area contributed by atoms with E-state index < -0.39 is 12.0 Å². The van der Waals surface area contributed by atoms with Crippen LogP contribution >= 0.6 is 27.3 Å². The molecule has 38 heavy (non-hydrogen) atoms. The van der Waals surface area contributed by atoms with Gasteiger partial charge in [0, 0.05) is 16.1 Å². The Morgan fingerprint density at radius 3 is 2.50 bits per heavy atom. The van der Waals surface area contributed by atoms with E-state index in [-0.39, 0.29) is 12.2 Å². The van der Waals surface area contributed by atoms with Crippen molar-refractivity contribution < 1.29 is 13.9 Å². The lowest BCUT2D eigenvalue weighted by Gasteiger charge is -2.25. The molecule has 1 atom stereocenters. The highest BCUT2D eigenvalue weighted by Crippen LogP contribution is 2.31. The first-order chi connectivity index (χ1) is 18.3. The minimum absolute atomic E-state index is 0.234. The van der Waals surface area contributed by atoms with E-state index in [4.69, 9.17) is 9.15 Å². The highest BCUT2D eigenvalue weighted by atomic mass is 79.9. The van der Waals surface area contributed by atoms with Gasteiger partial charge in [-0.05, 0) is 55.2 Å². The Bertz CT molecular complexity index is 1710. The number of ether oxygens (including phenoxy) is 1. The lowest BCUT2D eigenvalue weighted by atomic mass is 9.93. The molecule has 2 aromatic heterocycles. The van der Waals surface area contributed by atoms with Crippen LogP contribution in [0.15, 0.2) is 90.6 Å². The normalized spacial score (nSPS) is 15.5. The third-order valence-electron chi connectivity index (χ3n) is 6.46. The maximum Gasteiger partial charge on any atom is 0.338 e. The van der Waals surface area contributed by atoms with Gasteiger partial charge in [0.05, 0.1) is 28.5 Å². The second-order valence-electron chi connectivity index (χ2n) is 9.33. The van der Waals surface area contributed by atoms with E-state index in [0.717, 1.165) is 15.6 Å². The Morgan fingerprint density at radius 1 is 1.13 bits per heavy atom. The SMILES string of the molecule is CCOC(=O)C1=C(C)N=c2s/c(=C\c3ccc(-c4ccc(Br)cc4)o3)c(=O)n2[C@H]1c1ccc(C(C)C)cc1. The van der Waals surface area contributed by atoms with E-state index in [2.05, 4.69) is 34.8 Å². The molecule has 6 nitrogen and oxygen atoms in total. The summed E-state index contributed by atoms with van der Waals surface area (Å²) in [5.74, 6) is 1.17. The zero-order valence-corrected chi connectivity index (χ0v) is 23.9. The average molecular weight is 592 g/mol. The molecule has 2 aromatic carbocycles. The molecule has 0 aliphatic carbocycles. The zero-order valence-electron chi connectivity index (χ0n) is 21.5. The van der Waals surface area contributed by atoms with Gasteiger partial charge in [-0.2, -0.15) is 0 Å². The molecule has 0 bridgehead atoms. The van der Waals surface area contributed by atoms with Gasteiger partial charge >= 0.3 is 5.97 Å². The largest absolute Gasteiger partial charge is 0.463 e. The predicted molar refractivity (Wildman–Crippen MR) is 153 cm³/mol. The number of nitrogens with zero attached hydrogens (tertiary/aromatic N) is 2. The third-order valence-corrected chi connectivity index (χ3v) is 7.98. The summed E-state index contributed by atoms with van der Waals surface area (Å²) in [6.07, 6.45) is 1.73. The molecular formula is C30H27BrN2O4S. The smallest absolute Gasteiger partial charge is 0.338 e. The number of thiazole rings is 1. The minimum Gasteiger partial charge on any atom is -0.463 e. The van der Waals surface area contributed by atoms with Crippen LogP contribution in [-0.4, -0.2) is 17.1 Å². The lowest BCUT2D eigenvalue weighted by molar-refractivity contribution is -0.139. The highest BCUT2D eigenvalue weighted by molar-refractivity contribution is 9.10. The number of benzene rings is 2. The average Bonchev–Trinajstić information content (AvgIpc) is 3.48. The molecule has 4 aromatic rings. The van der Waals surface area contributed by atoms with Gasteiger partial charge in [0.25, 0.3) is 5.56 Å². The molecule has 0 N–H and O–H groups in total. The van der Waals surface area contributed by atoms with Gasteiger partial charge in [-0.1, -0.05) is 77.5 Å². The van der Waals surface area contributed by atoms with Crippen LogP contribution in [0.2, 0.25) is 0 Å². The lowest BCUT2D eigenvalue weighted by Crippen LogP contribution is -2.39.